The highest BCUT2D eigenvalue weighted by atomic mass is 35.5. The summed E-state index contributed by atoms with van der Waals surface area (Å²) in [5.74, 6) is 1.73. The van der Waals surface area contributed by atoms with E-state index >= 15 is 0 Å². The van der Waals surface area contributed by atoms with E-state index in [1.54, 1.807) is 0 Å². The number of hydrogen-bond donors (Lipinski definition) is 2. The molecule has 6 aliphatic rings. The summed E-state index contributed by atoms with van der Waals surface area (Å²) in [7, 11) is 0. The predicted molar refractivity (Wildman–Crippen MR) is 204 cm³/mol. The molecule has 0 aliphatic heterocycles. The van der Waals surface area contributed by atoms with Gasteiger partial charge in [-0.3, -0.25) is 19.2 Å². The van der Waals surface area contributed by atoms with Crippen molar-refractivity contribution in [2.45, 2.75) is 132 Å². The topological polar surface area (TPSA) is 101 Å². The number of halogens is 1. The minimum atomic E-state index is -0.763. The normalized spacial score (nSPS) is 40.6. The van der Waals surface area contributed by atoms with Crippen molar-refractivity contribution in [1.29, 1.82) is 0 Å². The molecule has 6 aliphatic carbocycles. The number of aliphatic carboxylic acids is 1. The number of hydrogen-bond acceptors (Lipinski definition) is 4. The number of carboxylic acid groups (broad SMARTS) is 1. The third kappa shape index (κ3) is 5.95. The monoisotopic (exact) mass is 731 g/mol. The molecule has 5 saturated carbocycles. The largest absolute Gasteiger partial charge is 0.481 e. The van der Waals surface area contributed by atoms with Crippen LogP contribution in [0.25, 0.3) is 0 Å². The Hall–Kier alpha value is -2.47. The highest BCUT2D eigenvalue weighted by molar-refractivity contribution is 6.30. The van der Waals surface area contributed by atoms with Crippen molar-refractivity contribution in [2.24, 2.45) is 74.9 Å². The van der Waals surface area contributed by atoms with Crippen LogP contribution in [0.2, 0.25) is 5.02 Å². The van der Waals surface area contributed by atoms with E-state index in [4.69, 9.17) is 11.6 Å². The Morgan fingerprint density at radius 2 is 1.67 bits per heavy atom. The first-order valence-electron chi connectivity index (χ1n) is 20.5. The van der Waals surface area contributed by atoms with Gasteiger partial charge in [0.05, 0.1) is 5.92 Å². The number of amides is 1. The summed E-state index contributed by atoms with van der Waals surface area (Å²) >= 11 is 6.21. The van der Waals surface area contributed by atoms with Gasteiger partial charge >= 0.3 is 5.97 Å². The second kappa shape index (κ2) is 13.4. The average molecular weight is 732 g/mol. The maximum Gasteiger partial charge on any atom is 0.306 e. The van der Waals surface area contributed by atoms with Crippen molar-refractivity contribution in [2.75, 3.05) is 0 Å². The van der Waals surface area contributed by atoms with Gasteiger partial charge in [0.2, 0.25) is 5.91 Å². The summed E-state index contributed by atoms with van der Waals surface area (Å²) in [4.78, 5) is 52.8. The van der Waals surface area contributed by atoms with Gasteiger partial charge < -0.3 is 10.4 Å². The Morgan fingerprint density at radius 3 is 2.35 bits per heavy atom. The number of carboxylic acids is 1. The first-order valence-corrected chi connectivity index (χ1v) is 20.8. The zero-order valence-electron chi connectivity index (χ0n) is 32.7. The lowest BCUT2D eigenvalue weighted by Gasteiger charge is -2.69. The molecule has 0 heterocycles. The maximum absolute atomic E-state index is 13.9. The van der Waals surface area contributed by atoms with Gasteiger partial charge in [0.1, 0.15) is 5.78 Å². The van der Waals surface area contributed by atoms with E-state index < -0.39 is 5.97 Å². The van der Waals surface area contributed by atoms with E-state index in [2.05, 4.69) is 46.9 Å². The molecule has 0 spiro atoms. The molecular formula is C45H62ClNO5. The van der Waals surface area contributed by atoms with E-state index in [0.717, 1.165) is 56.1 Å². The van der Waals surface area contributed by atoms with E-state index in [9.17, 15) is 24.3 Å². The quantitative estimate of drug-likeness (QED) is 0.263. The molecule has 284 valence electrons. The molecule has 1 aromatic rings. The van der Waals surface area contributed by atoms with Gasteiger partial charge in [-0.1, -0.05) is 77.8 Å². The SMILES string of the molecule is CC(C)C1=C2C3CCC4C(C)(CCC5C(C)(C)C(CC(=O)C6CC(C(=O)O)C6C)CCC54C)C3CCC2(CC(=O)NCc2cccc(Cl)c2)CC1=O. The third-order valence-corrected chi connectivity index (χ3v) is 17.1. The summed E-state index contributed by atoms with van der Waals surface area (Å²) < 4.78 is 0. The van der Waals surface area contributed by atoms with E-state index in [1.807, 2.05) is 31.2 Å². The second-order valence-corrected chi connectivity index (χ2v) is 20.2. The third-order valence-electron chi connectivity index (χ3n) is 16.8. The molecule has 0 radical (unpaired) electrons. The molecule has 5 fully saturated rings. The van der Waals surface area contributed by atoms with Crippen LogP contribution in [0.4, 0.5) is 0 Å². The van der Waals surface area contributed by atoms with Crippen molar-refractivity contribution in [3.05, 3.63) is 46.0 Å². The van der Waals surface area contributed by atoms with Crippen LogP contribution in [0.1, 0.15) is 131 Å². The number of allylic oxidation sites excluding steroid dienone is 2. The van der Waals surface area contributed by atoms with Crippen LogP contribution >= 0.6 is 11.6 Å². The van der Waals surface area contributed by atoms with Crippen LogP contribution in [0, 0.1) is 74.9 Å². The van der Waals surface area contributed by atoms with Gasteiger partial charge in [-0.2, -0.15) is 0 Å². The van der Waals surface area contributed by atoms with Gasteiger partial charge in [0.15, 0.2) is 5.78 Å². The first-order chi connectivity index (χ1) is 24.4. The maximum atomic E-state index is 13.9. The summed E-state index contributed by atoms with van der Waals surface area (Å²) in [5, 5.41) is 13.3. The number of carbonyl (C=O) groups is 4. The number of benzene rings is 1. The molecule has 0 bridgehead atoms. The van der Waals surface area contributed by atoms with Crippen molar-refractivity contribution >= 4 is 35.0 Å². The summed E-state index contributed by atoms with van der Waals surface area (Å²) in [6.07, 6.45) is 10.7. The smallest absolute Gasteiger partial charge is 0.306 e. The van der Waals surface area contributed by atoms with E-state index in [-0.39, 0.29) is 62.8 Å². The number of carbonyl (C=O) groups excluding carboxylic acids is 3. The molecule has 0 aromatic heterocycles. The molecule has 1 amide bonds. The molecule has 7 rings (SSSR count). The number of nitrogens with one attached hydrogen (secondary N) is 1. The molecule has 6 nitrogen and oxygen atoms in total. The predicted octanol–water partition coefficient (Wildman–Crippen LogP) is 9.87. The molecule has 11 atom stereocenters. The van der Waals surface area contributed by atoms with E-state index in [0.29, 0.717) is 66.8 Å². The van der Waals surface area contributed by atoms with Gasteiger partial charge in [0.25, 0.3) is 0 Å². The fourth-order valence-electron chi connectivity index (χ4n) is 14.2. The Bertz CT molecular complexity index is 1680. The van der Waals surface area contributed by atoms with Crippen LogP contribution in [-0.4, -0.2) is 28.5 Å². The van der Waals surface area contributed by atoms with Crippen molar-refractivity contribution in [3.8, 4) is 0 Å². The average Bonchev–Trinajstić information content (AvgIpc) is 3.36. The highest BCUT2D eigenvalue weighted by Crippen LogP contribution is 2.74. The Balaban J connectivity index is 1.10. The van der Waals surface area contributed by atoms with Crippen molar-refractivity contribution < 1.29 is 24.3 Å². The van der Waals surface area contributed by atoms with E-state index in [1.165, 1.54) is 12.0 Å². The Kier molecular flexibility index (Phi) is 9.73. The van der Waals surface area contributed by atoms with Crippen LogP contribution < -0.4 is 5.32 Å². The van der Waals surface area contributed by atoms with Crippen molar-refractivity contribution in [1.82, 2.24) is 5.32 Å². The molecule has 0 saturated heterocycles. The Labute approximate surface area is 316 Å². The summed E-state index contributed by atoms with van der Waals surface area (Å²) in [5.41, 5.74) is 3.37. The van der Waals surface area contributed by atoms with Gasteiger partial charge in [-0.05, 0) is 139 Å². The minimum absolute atomic E-state index is 0.0209. The number of ketones is 2. The minimum Gasteiger partial charge on any atom is -0.481 e. The van der Waals surface area contributed by atoms with Crippen LogP contribution in [0.3, 0.4) is 0 Å². The molecule has 7 heteroatoms. The number of fused-ring (bicyclic) bond motifs is 7. The fourth-order valence-corrected chi connectivity index (χ4v) is 14.4. The molecule has 52 heavy (non-hydrogen) atoms. The second-order valence-electron chi connectivity index (χ2n) is 19.8. The molecule has 1 aromatic carbocycles. The zero-order chi connectivity index (χ0) is 37.5. The highest BCUT2D eigenvalue weighted by Gasteiger charge is 2.66. The summed E-state index contributed by atoms with van der Waals surface area (Å²) in [6.45, 7) is 16.7. The molecule has 2 N–H and O–H groups in total. The number of rotatable bonds is 9. The number of Topliss-reactive ketones (excluding diaryl/α,β-unsaturated/α-hetero) is 2. The van der Waals surface area contributed by atoms with Gasteiger partial charge in [0, 0.05) is 42.2 Å². The van der Waals surface area contributed by atoms with Crippen LogP contribution in [-0.2, 0) is 25.7 Å². The molecule has 11 unspecified atom stereocenters. The lowest BCUT2D eigenvalue weighted by molar-refractivity contribution is -0.193. The van der Waals surface area contributed by atoms with Gasteiger partial charge in [-0.15, -0.1) is 0 Å². The fraction of sp³-hybridized carbons (Fsp3) is 0.733. The molecular weight excluding hydrogens is 670 g/mol. The van der Waals surface area contributed by atoms with Crippen LogP contribution in [0.15, 0.2) is 35.4 Å². The lowest BCUT2D eigenvalue weighted by Crippen LogP contribution is -2.62. The summed E-state index contributed by atoms with van der Waals surface area (Å²) in [6, 6.07) is 7.62. The zero-order valence-corrected chi connectivity index (χ0v) is 33.4. The lowest BCUT2D eigenvalue weighted by atomic mass is 9.35. The Morgan fingerprint density at radius 1 is 0.942 bits per heavy atom. The standard InChI is InChI=1S/C45H62ClNO5/c1-25(2)39-35(49)22-45(23-38(50)47-24-27-9-8-10-29(46)19-27)18-14-33-30(40(39)45)11-12-37-43(33,6)17-15-36-42(4,5)28(13-16-44(36,37)7)20-34(48)31-21-32(26(31)3)41(51)52/h8-10,19,25-26,28,30-33,36-37H,11-18,20-24H2,1-7H3,(H,47,50)(H,51,52). The first kappa shape index (κ1) is 37.8. The van der Waals surface area contributed by atoms with Crippen molar-refractivity contribution in [3.63, 3.8) is 0 Å². The van der Waals surface area contributed by atoms with Gasteiger partial charge in [-0.25, -0.2) is 0 Å². The van der Waals surface area contributed by atoms with Crippen LogP contribution in [0.5, 0.6) is 0 Å².